The third-order valence-electron chi connectivity index (χ3n) is 8.42. The Kier molecular flexibility index (Phi) is 9.13. The summed E-state index contributed by atoms with van der Waals surface area (Å²) in [5.74, 6) is -0.152. The Morgan fingerprint density at radius 2 is 1.73 bits per heavy atom. The third kappa shape index (κ3) is 6.71. The van der Waals surface area contributed by atoms with Gasteiger partial charge in [0, 0.05) is 64.0 Å². The van der Waals surface area contributed by atoms with E-state index in [0.29, 0.717) is 52.1 Å². The number of nitrogens with one attached hydrogen (secondary N) is 2. The predicted octanol–water partition coefficient (Wildman–Crippen LogP) is 3.17. The highest BCUT2D eigenvalue weighted by Gasteiger charge is 2.46. The number of fused-ring (bicyclic) bond motifs is 1. The van der Waals surface area contributed by atoms with Crippen molar-refractivity contribution in [2.45, 2.75) is 51.1 Å². The highest BCUT2D eigenvalue weighted by Crippen LogP contribution is 2.37. The lowest BCUT2D eigenvalue weighted by atomic mass is 10.00. The van der Waals surface area contributed by atoms with Gasteiger partial charge in [0.1, 0.15) is 11.6 Å². The smallest absolute Gasteiger partial charge is 0.317 e. The first kappa shape index (κ1) is 27.9. The Balaban J connectivity index is 1.27. The highest BCUT2D eigenvalue weighted by atomic mass is 19.1. The minimum absolute atomic E-state index is 0.0692. The number of hydrogen-bond acceptors (Lipinski definition) is 5. The molecule has 2 aromatic rings. The van der Waals surface area contributed by atoms with Crippen LogP contribution < -0.4 is 15.5 Å². The van der Waals surface area contributed by atoms with Gasteiger partial charge in [-0.2, -0.15) is 0 Å². The van der Waals surface area contributed by atoms with Crippen LogP contribution in [-0.2, 0) is 16.1 Å². The number of carbonyl (C=O) groups is 3. The first-order valence-corrected chi connectivity index (χ1v) is 14.5. The van der Waals surface area contributed by atoms with E-state index in [-0.39, 0.29) is 42.2 Å². The first-order chi connectivity index (χ1) is 19.5. The largest absolute Gasteiger partial charge is 0.356 e. The number of carbonyl (C=O) groups excluding carboxylic acids is 3. The van der Waals surface area contributed by atoms with Crippen molar-refractivity contribution in [3.63, 3.8) is 0 Å². The lowest BCUT2D eigenvalue weighted by Gasteiger charge is -2.36. The van der Waals surface area contributed by atoms with Gasteiger partial charge in [-0.3, -0.25) is 9.59 Å². The lowest BCUT2D eigenvalue weighted by Crippen LogP contribution is -2.51. The van der Waals surface area contributed by atoms with Gasteiger partial charge in [0.2, 0.25) is 11.8 Å². The summed E-state index contributed by atoms with van der Waals surface area (Å²) in [7, 11) is 0. The number of piperazine rings is 1. The molecule has 4 amide bonds. The Bertz CT molecular complexity index is 1160. The van der Waals surface area contributed by atoms with Gasteiger partial charge in [-0.15, -0.1) is 0 Å². The quantitative estimate of drug-likeness (QED) is 0.610. The molecule has 3 heterocycles. The fraction of sp³-hybridized carbons (Fsp3) is 0.533. The van der Waals surface area contributed by atoms with Crippen molar-refractivity contribution in [1.29, 1.82) is 0 Å². The molecule has 0 bridgehead atoms. The third-order valence-corrected chi connectivity index (χ3v) is 8.42. The number of halogens is 1. The molecule has 40 heavy (non-hydrogen) atoms. The summed E-state index contributed by atoms with van der Waals surface area (Å²) in [5.41, 5.74) is 0.797. The molecule has 10 heteroatoms. The van der Waals surface area contributed by atoms with Crippen molar-refractivity contribution in [2.24, 2.45) is 11.8 Å². The number of nitrogens with zero attached hydrogens (tertiary/aromatic N) is 4. The molecule has 1 saturated carbocycles. The summed E-state index contributed by atoms with van der Waals surface area (Å²) < 4.78 is 13.3. The maximum absolute atomic E-state index is 13.7. The molecule has 0 radical (unpaired) electrons. The van der Waals surface area contributed by atoms with Gasteiger partial charge in [-0.1, -0.05) is 31.0 Å². The van der Waals surface area contributed by atoms with E-state index >= 15 is 0 Å². The molecule has 3 aliphatic rings. The van der Waals surface area contributed by atoms with E-state index in [2.05, 4.69) is 20.5 Å². The summed E-state index contributed by atoms with van der Waals surface area (Å²) >= 11 is 0. The number of hydrogen-bond donors (Lipinski definition) is 2. The topological polar surface area (TPSA) is 97.9 Å². The van der Waals surface area contributed by atoms with Crippen molar-refractivity contribution in [3.05, 3.63) is 60.0 Å². The normalized spacial score (nSPS) is 24.1. The van der Waals surface area contributed by atoms with Gasteiger partial charge in [0.25, 0.3) is 0 Å². The van der Waals surface area contributed by atoms with Crippen LogP contribution in [0.15, 0.2) is 48.7 Å². The van der Waals surface area contributed by atoms with Crippen molar-refractivity contribution in [1.82, 2.24) is 25.4 Å². The van der Waals surface area contributed by atoms with Gasteiger partial charge < -0.3 is 25.3 Å². The minimum atomic E-state index is -0.432. The van der Waals surface area contributed by atoms with Crippen LogP contribution >= 0.6 is 0 Å². The second kappa shape index (κ2) is 13.1. The molecule has 1 aliphatic carbocycles. The fourth-order valence-electron chi connectivity index (χ4n) is 6.20. The molecule has 0 unspecified atom stereocenters. The Hall–Kier alpha value is -3.69. The maximum Gasteiger partial charge on any atom is 0.317 e. The minimum Gasteiger partial charge on any atom is -0.356 e. The number of aromatic nitrogens is 1. The summed E-state index contributed by atoms with van der Waals surface area (Å²) in [6.07, 6.45) is 6.40. The summed E-state index contributed by atoms with van der Waals surface area (Å²) in [6.45, 7) is 4.05. The van der Waals surface area contributed by atoms with Crippen LogP contribution in [0.25, 0.3) is 0 Å². The zero-order valence-corrected chi connectivity index (χ0v) is 22.9. The average molecular weight is 551 g/mol. The second-order valence-electron chi connectivity index (χ2n) is 11.0. The SMILES string of the molecule is O=C1NCCCCCCN(C(=O)NCc2ccc(F)cc2)[C@H]2C[C@H](C(=O)N3CCN(c4ccccn4)CC3)C[C@@H]12. The zero-order chi connectivity index (χ0) is 27.9. The van der Waals surface area contributed by atoms with Crippen molar-refractivity contribution in [2.75, 3.05) is 44.2 Å². The second-order valence-corrected chi connectivity index (χ2v) is 11.0. The van der Waals surface area contributed by atoms with Gasteiger partial charge >= 0.3 is 6.03 Å². The van der Waals surface area contributed by atoms with Gasteiger partial charge in [-0.05, 0) is 55.5 Å². The van der Waals surface area contributed by atoms with Crippen molar-refractivity contribution < 1.29 is 18.8 Å². The molecule has 9 nitrogen and oxygen atoms in total. The van der Waals surface area contributed by atoms with Gasteiger partial charge in [-0.25, -0.2) is 14.2 Å². The lowest BCUT2D eigenvalue weighted by molar-refractivity contribution is -0.135. The monoisotopic (exact) mass is 550 g/mol. The van der Waals surface area contributed by atoms with E-state index in [0.717, 1.165) is 37.1 Å². The summed E-state index contributed by atoms with van der Waals surface area (Å²) in [5, 5.41) is 6.04. The van der Waals surface area contributed by atoms with Gasteiger partial charge in [0.05, 0.1) is 5.92 Å². The molecule has 0 spiro atoms. The summed E-state index contributed by atoms with van der Waals surface area (Å²) in [4.78, 5) is 50.8. The van der Waals surface area contributed by atoms with Crippen LogP contribution in [0.2, 0.25) is 0 Å². The molecule has 5 rings (SSSR count). The molecule has 3 atom stereocenters. The summed E-state index contributed by atoms with van der Waals surface area (Å²) in [6, 6.07) is 11.3. The van der Waals surface area contributed by atoms with Crippen LogP contribution in [0.1, 0.15) is 44.1 Å². The molecule has 3 fully saturated rings. The molecule has 2 aliphatic heterocycles. The van der Waals surface area contributed by atoms with E-state index in [1.165, 1.54) is 12.1 Å². The van der Waals surface area contributed by atoms with E-state index in [9.17, 15) is 18.8 Å². The van der Waals surface area contributed by atoms with Crippen LogP contribution in [0, 0.1) is 17.7 Å². The standard InChI is InChI=1S/C30H39FN6O3/c31-24-10-8-22(9-11-24)21-34-30(40)37-14-6-2-1-4-13-33-28(38)25-19-23(20-26(25)37)29(39)36-17-15-35(16-18-36)27-7-3-5-12-32-27/h3,5,7-12,23,25-26H,1-2,4,6,13-21H2,(H,33,38)(H,34,40)/t23-,25-,26+/m1/s1. The Morgan fingerprint density at radius 3 is 2.48 bits per heavy atom. The van der Waals surface area contributed by atoms with Crippen LogP contribution in [0.4, 0.5) is 15.0 Å². The predicted molar refractivity (Wildman–Crippen MR) is 150 cm³/mol. The fourth-order valence-corrected chi connectivity index (χ4v) is 6.20. The molecular formula is C30H39FN6O3. The molecule has 1 aromatic heterocycles. The van der Waals surface area contributed by atoms with E-state index in [1.54, 1.807) is 23.2 Å². The molecule has 2 N–H and O–H groups in total. The van der Waals surface area contributed by atoms with Crippen LogP contribution in [-0.4, -0.2) is 77.9 Å². The average Bonchev–Trinajstić information content (AvgIpc) is 3.42. The Labute approximate surface area is 235 Å². The van der Waals surface area contributed by atoms with Crippen molar-refractivity contribution in [3.8, 4) is 0 Å². The number of anilines is 1. The highest BCUT2D eigenvalue weighted by molar-refractivity contribution is 5.85. The van der Waals surface area contributed by atoms with Gasteiger partial charge in [0.15, 0.2) is 0 Å². The molecule has 1 aromatic carbocycles. The first-order valence-electron chi connectivity index (χ1n) is 14.5. The Morgan fingerprint density at radius 1 is 0.950 bits per heavy atom. The van der Waals surface area contributed by atoms with E-state index in [1.807, 2.05) is 23.1 Å². The van der Waals surface area contributed by atoms with Crippen molar-refractivity contribution >= 4 is 23.7 Å². The molecular weight excluding hydrogens is 511 g/mol. The zero-order valence-electron chi connectivity index (χ0n) is 22.9. The maximum atomic E-state index is 13.7. The van der Waals surface area contributed by atoms with E-state index < -0.39 is 5.92 Å². The number of benzene rings is 1. The number of pyridine rings is 1. The van der Waals surface area contributed by atoms with E-state index in [4.69, 9.17) is 0 Å². The number of rotatable bonds is 4. The molecule has 214 valence electrons. The number of amides is 4. The van der Waals surface area contributed by atoms with Crippen LogP contribution in [0.5, 0.6) is 0 Å². The van der Waals surface area contributed by atoms with Crippen LogP contribution in [0.3, 0.4) is 0 Å². The molecule has 2 saturated heterocycles. The number of urea groups is 1.